The van der Waals surface area contributed by atoms with Gasteiger partial charge in [0.1, 0.15) is 5.82 Å². The number of halogens is 1. The van der Waals surface area contributed by atoms with Crippen molar-refractivity contribution in [2.75, 3.05) is 19.7 Å². The summed E-state index contributed by atoms with van der Waals surface area (Å²) in [6, 6.07) is 5.86. The molecule has 2 heterocycles. The van der Waals surface area contributed by atoms with Crippen molar-refractivity contribution in [3.8, 4) is 11.4 Å². The number of rotatable bonds is 4. The van der Waals surface area contributed by atoms with Gasteiger partial charge in [-0.3, -0.25) is 4.79 Å². The quantitative estimate of drug-likeness (QED) is 0.863. The third-order valence-corrected chi connectivity index (χ3v) is 3.72. The summed E-state index contributed by atoms with van der Waals surface area (Å²) >= 11 is 0. The van der Waals surface area contributed by atoms with E-state index in [2.05, 4.69) is 10.1 Å². The van der Waals surface area contributed by atoms with Crippen molar-refractivity contribution in [2.24, 2.45) is 0 Å². The van der Waals surface area contributed by atoms with Crippen LogP contribution in [0.3, 0.4) is 0 Å². The van der Waals surface area contributed by atoms with Crippen LogP contribution in [0.1, 0.15) is 19.2 Å². The van der Waals surface area contributed by atoms with Gasteiger partial charge in [0.2, 0.25) is 17.6 Å². The molecule has 1 atom stereocenters. The van der Waals surface area contributed by atoms with Gasteiger partial charge in [-0.15, -0.1) is 0 Å². The lowest BCUT2D eigenvalue weighted by molar-refractivity contribution is -0.138. The molecule has 1 fully saturated rings. The van der Waals surface area contributed by atoms with Crippen molar-refractivity contribution in [1.29, 1.82) is 0 Å². The predicted molar refractivity (Wildman–Crippen MR) is 80.0 cm³/mol. The van der Waals surface area contributed by atoms with E-state index >= 15 is 0 Å². The molecule has 0 spiro atoms. The Morgan fingerprint density at radius 2 is 2.17 bits per heavy atom. The number of aromatic nitrogens is 2. The zero-order valence-corrected chi connectivity index (χ0v) is 12.9. The molecule has 1 aliphatic heterocycles. The molecule has 1 aromatic heterocycles. The Labute approximate surface area is 133 Å². The number of carbonyl (C=O) groups excluding carboxylic acids is 1. The monoisotopic (exact) mass is 319 g/mol. The first kappa shape index (κ1) is 15.6. The number of amides is 1. The second-order valence-corrected chi connectivity index (χ2v) is 5.54. The standard InChI is InChI=1S/C16H18FN3O3/c1-11-10-20(8-9-22-11)15(21)7-6-14-18-16(19-23-14)12-2-4-13(17)5-3-12/h2-5,11H,6-10H2,1H3. The van der Waals surface area contributed by atoms with Gasteiger partial charge in [0.25, 0.3) is 0 Å². The second-order valence-electron chi connectivity index (χ2n) is 5.54. The highest BCUT2D eigenvalue weighted by Crippen LogP contribution is 2.17. The fourth-order valence-corrected chi connectivity index (χ4v) is 2.49. The Hall–Kier alpha value is -2.28. The van der Waals surface area contributed by atoms with Crippen molar-refractivity contribution >= 4 is 5.91 Å². The predicted octanol–water partition coefficient (Wildman–Crippen LogP) is 2.06. The minimum absolute atomic E-state index is 0.0571. The van der Waals surface area contributed by atoms with Gasteiger partial charge in [0.05, 0.1) is 12.7 Å². The van der Waals surface area contributed by atoms with Crippen LogP contribution in [0.25, 0.3) is 11.4 Å². The molecule has 122 valence electrons. The Morgan fingerprint density at radius 3 is 2.91 bits per heavy atom. The average molecular weight is 319 g/mol. The van der Waals surface area contributed by atoms with E-state index < -0.39 is 0 Å². The molecule has 0 radical (unpaired) electrons. The highest BCUT2D eigenvalue weighted by Gasteiger charge is 2.21. The molecule has 3 rings (SSSR count). The smallest absolute Gasteiger partial charge is 0.227 e. The molecule has 1 saturated heterocycles. The molecule has 1 unspecified atom stereocenters. The number of aryl methyl sites for hydroxylation is 1. The van der Waals surface area contributed by atoms with Crippen molar-refractivity contribution < 1.29 is 18.4 Å². The topological polar surface area (TPSA) is 68.5 Å². The Morgan fingerprint density at radius 1 is 1.39 bits per heavy atom. The van der Waals surface area contributed by atoms with Crippen molar-refractivity contribution in [3.05, 3.63) is 36.0 Å². The summed E-state index contributed by atoms with van der Waals surface area (Å²) in [7, 11) is 0. The summed E-state index contributed by atoms with van der Waals surface area (Å²) in [4.78, 5) is 18.2. The molecule has 1 aromatic carbocycles. The molecule has 6 nitrogen and oxygen atoms in total. The molecule has 2 aromatic rings. The molecular formula is C16H18FN3O3. The van der Waals surface area contributed by atoms with Crippen molar-refractivity contribution in [2.45, 2.75) is 25.9 Å². The maximum Gasteiger partial charge on any atom is 0.227 e. The first-order valence-corrected chi connectivity index (χ1v) is 7.60. The lowest BCUT2D eigenvalue weighted by Gasteiger charge is -2.31. The van der Waals surface area contributed by atoms with Gasteiger partial charge in [-0.05, 0) is 31.2 Å². The molecule has 1 aliphatic rings. The molecule has 0 aliphatic carbocycles. The molecule has 23 heavy (non-hydrogen) atoms. The van der Waals surface area contributed by atoms with E-state index in [1.165, 1.54) is 12.1 Å². The fourth-order valence-electron chi connectivity index (χ4n) is 2.49. The molecule has 0 saturated carbocycles. The Bertz CT molecular complexity index is 671. The van der Waals surface area contributed by atoms with E-state index in [4.69, 9.17) is 9.26 Å². The van der Waals surface area contributed by atoms with Gasteiger partial charge in [-0.25, -0.2) is 4.39 Å². The van der Waals surface area contributed by atoms with Crippen LogP contribution >= 0.6 is 0 Å². The van der Waals surface area contributed by atoms with E-state index in [-0.39, 0.29) is 17.8 Å². The Balaban J connectivity index is 1.56. The van der Waals surface area contributed by atoms with E-state index in [1.807, 2.05) is 6.92 Å². The number of carbonyl (C=O) groups is 1. The lowest BCUT2D eigenvalue weighted by atomic mass is 10.2. The first-order chi connectivity index (χ1) is 11.1. The first-order valence-electron chi connectivity index (χ1n) is 7.60. The largest absolute Gasteiger partial charge is 0.375 e. The fraction of sp³-hybridized carbons (Fsp3) is 0.438. The number of ether oxygens (including phenoxy) is 1. The van der Waals surface area contributed by atoms with Gasteiger partial charge in [0.15, 0.2) is 0 Å². The lowest BCUT2D eigenvalue weighted by Crippen LogP contribution is -2.44. The maximum atomic E-state index is 12.9. The number of morpholine rings is 1. The van der Waals surface area contributed by atoms with Gasteiger partial charge in [0, 0.05) is 31.5 Å². The number of hydrogen-bond donors (Lipinski definition) is 0. The van der Waals surface area contributed by atoms with Crippen LogP contribution < -0.4 is 0 Å². The molecular weight excluding hydrogens is 301 g/mol. The van der Waals surface area contributed by atoms with Crippen LogP contribution in [-0.2, 0) is 16.0 Å². The zero-order valence-electron chi connectivity index (χ0n) is 12.9. The third-order valence-electron chi connectivity index (χ3n) is 3.72. The molecule has 0 N–H and O–H groups in total. The Kier molecular flexibility index (Phi) is 4.66. The van der Waals surface area contributed by atoms with E-state index in [0.717, 1.165) is 0 Å². The summed E-state index contributed by atoms with van der Waals surface area (Å²) in [5.74, 6) is 0.538. The van der Waals surface area contributed by atoms with Crippen molar-refractivity contribution in [3.63, 3.8) is 0 Å². The number of benzene rings is 1. The SMILES string of the molecule is CC1CN(C(=O)CCc2nc(-c3ccc(F)cc3)no2)CCO1. The van der Waals surface area contributed by atoms with E-state index in [9.17, 15) is 9.18 Å². The number of hydrogen-bond acceptors (Lipinski definition) is 5. The van der Waals surface area contributed by atoms with Gasteiger partial charge in [-0.2, -0.15) is 4.98 Å². The highest BCUT2D eigenvalue weighted by molar-refractivity contribution is 5.76. The number of nitrogens with zero attached hydrogens (tertiary/aromatic N) is 3. The van der Waals surface area contributed by atoms with Crippen LogP contribution in [0.2, 0.25) is 0 Å². The van der Waals surface area contributed by atoms with Gasteiger partial charge < -0.3 is 14.2 Å². The zero-order chi connectivity index (χ0) is 16.2. The summed E-state index contributed by atoms with van der Waals surface area (Å²) in [6.07, 6.45) is 0.775. The summed E-state index contributed by atoms with van der Waals surface area (Å²) in [5.41, 5.74) is 0.676. The highest BCUT2D eigenvalue weighted by atomic mass is 19.1. The van der Waals surface area contributed by atoms with E-state index in [1.54, 1.807) is 17.0 Å². The summed E-state index contributed by atoms with van der Waals surface area (Å²) in [5, 5.41) is 3.87. The van der Waals surface area contributed by atoms with Crippen LogP contribution in [0.4, 0.5) is 4.39 Å². The van der Waals surface area contributed by atoms with Crippen LogP contribution in [0.15, 0.2) is 28.8 Å². The van der Waals surface area contributed by atoms with Gasteiger partial charge >= 0.3 is 0 Å². The second kappa shape index (κ2) is 6.87. The maximum absolute atomic E-state index is 12.9. The minimum Gasteiger partial charge on any atom is -0.375 e. The van der Waals surface area contributed by atoms with Crippen LogP contribution in [-0.4, -0.2) is 46.7 Å². The van der Waals surface area contributed by atoms with Crippen molar-refractivity contribution in [1.82, 2.24) is 15.0 Å². The minimum atomic E-state index is -0.317. The summed E-state index contributed by atoms with van der Waals surface area (Å²) in [6.45, 7) is 3.76. The molecule has 0 bridgehead atoms. The van der Waals surface area contributed by atoms with E-state index in [0.29, 0.717) is 49.8 Å². The summed E-state index contributed by atoms with van der Waals surface area (Å²) < 4.78 is 23.5. The molecule has 7 heteroatoms. The van der Waals surface area contributed by atoms with Gasteiger partial charge in [-0.1, -0.05) is 5.16 Å². The third kappa shape index (κ3) is 3.92. The van der Waals surface area contributed by atoms with Crippen LogP contribution in [0, 0.1) is 5.82 Å². The average Bonchev–Trinajstić information content (AvgIpc) is 3.02. The normalized spacial score (nSPS) is 18.2. The van der Waals surface area contributed by atoms with Crippen LogP contribution in [0.5, 0.6) is 0 Å². The molecule has 1 amide bonds.